The normalized spacial score (nSPS) is 13.0. The van der Waals surface area contributed by atoms with Crippen LogP contribution in [0.3, 0.4) is 0 Å². The molecule has 1 aromatic carbocycles. The first kappa shape index (κ1) is 11.9. The molecule has 90 valence electrons. The first-order chi connectivity index (χ1) is 8.09. The minimum absolute atomic E-state index is 0.509. The molecular weight excluding hydrogens is 212 g/mol. The SMILES string of the molecule is CC(C)c1ccc([C@H](O)c2nccn2C)cc1. The maximum absolute atomic E-state index is 10.2. The summed E-state index contributed by atoms with van der Waals surface area (Å²) in [5.74, 6) is 1.18. The number of benzene rings is 1. The summed E-state index contributed by atoms with van der Waals surface area (Å²) in [6.07, 6.45) is 2.87. The van der Waals surface area contributed by atoms with E-state index in [4.69, 9.17) is 0 Å². The third kappa shape index (κ3) is 2.39. The summed E-state index contributed by atoms with van der Waals surface area (Å²) >= 11 is 0. The van der Waals surface area contributed by atoms with Crippen LogP contribution in [0.5, 0.6) is 0 Å². The van der Waals surface area contributed by atoms with Crippen LogP contribution in [-0.2, 0) is 7.05 Å². The molecule has 1 heterocycles. The minimum Gasteiger partial charge on any atom is -0.380 e. The van der Waals surface area contributed by atoms with Crippen molar-refractivity contribution < 1.29 is 5.11 Å². The van der Waals surface area contributed by atoms with E-state index in [9.17, 15) is 5.11 Å². The van der Waals surface area contributed by atoms with Gasteiger partial charge in [-0.15, -0.1) is 0 Å². The third-order valence-electron chi connectivity index (χ3n) is 3.02. The van der Waals surface area contributed by atoms with Crippen molar-refractivity contribution in [3.05, 3.63) is 53.6 Å². The molecule has 1 aromatic heterocycles. The Balaban J connectivity index is 2.26. The molecule has 0 spiro atoms. The predicted octanol–water partition coefficient (Wildman–Crippen LogP) is 2.63. The van der Waals surface area contributed by atoms with Crippen molar-refractivity contribution in [2.45, 2.75) is 25.9 Å². The molecule has 0 aliphatic rings. The van der Waals surface area contributed by atoms with E-state index >= 15 is 0 Å². The molecule has 1 N–H and O–H groups in total. The fourth-order valence-corrected chi connectivity index (χ4v) is 1.85. The van der Waals surface area contributed by atoms with Crippen LogP contribution in [0.15, 0.2) is 36.7 Å². The van der Waals surface area contributed by atoms with Gasteiger partial charge in [0.25, 0.3) is 0 Å². The number of nitrogens with zero attached hydrogens (tertiary/aromatic N) is 2. The summed E-state index contributed by atoms with van der Waals surface area (Å²) in [6, 6.07) is 8.06. The molecule has 0 saturated heterocycles. The molecule has 0 radical (unpaired) electrons. The lowest BCUT2D eigenvalue weighted by atomic mass is 10.00. The van der Waals surface area contributed by atoms with Crippen LogP contribution in [0, 0.1) is 0 Å². The molecular formula is C14H18N2O. The number of hydrogen-bond acceptors (Lipinski definition) is 2. The zero-order chi connectivity index (χ0) is 12.4. The molecule has 0 bridgehead atoms. The summed E-state index contributed by atoms with van der Waals surface area (Å²) in [6.45, 7) is 4.31. The zero-order valence-corrected chi connectivity index (χ0v) is 10.5. The molecule has 0 fully saturated rings. The van der Waals surface area contributed by atoms with E-state index in [-0.39, 0.29) is 0 Å². The predicted molar refractivity (Wildman–Crippen MR) is 67.8 cm³/mol. The van der Waals surface area contributed by atoms with Crippen molar-refractivity contribution in [2.75, 3.05) is 0 Å². The number of rotatable bonds is 3. The highest BCUT2D eigenvalue weighted by atomic mass is 16.3. The van der Waals surface area contributed by atoms with Gasteiger partial charge < -0.3 is 9.67 Å². The average molecular weight is 230 g/mol. The van der Waals surface area contributed by atoms with E-state index in [2.05, 4.69) is 31.0 Å². The van der Waals surface area contributed by atoms with Gasteiger partial charge in [0.15, 0.2) is 0 Å². The number of hydrogen-bond donors (Lipinski definition) is 1. The van der Waals surface area contributed by atoms with Crippen LogP contribution in [0.25, 0.3) is 0 Å². The lowest BCUT2D eigenvalue weighted by Gasteiger charge is -2.12. The summed E-state index contributed by atoms with van der Waals surface area (Å²) in [5.41, 5.74) is 2.16. The molecule has 0 unspecified atom stereocenters. The first-order valence-electron chi connectivity index (χ1n) is 5.84. The molecule has 0 aliphatic carbocycles. The number of aliphatic hydroxyl groups excluding tert-OH is 1. The number of aryl methyl sites for hydroxylation is 1. The van der Waals surface area contributed by atoms with Gasteiger partial charge in [0.1, 0.15) is 11.9 Å². The van der Waals surface area contributed by atoms with Gasteiger partial charge in [0.2, 0.25) is 0 Å². The topological polar surface area (TPSA) is 38.1 Å². The maximum atomic E-state index is 10.2. The quantitative estimate of drug-likeness (QED) is 0.880. The van der Waals surface area contributed by atoms with E-state index in [1.807, 2.05) is 29.9 Å². The van der Waals surface area contributed by atoms with Gasteiger partial charge in [-0.05, 0) is 17.0 Å². The van der Waals surface area contributed by atoms with Crippen molar-refractivity contribution in [1.29, 1.82) is 0 Å². The molecule has 2 rings (SSSR count). The van der Waals surface area contributed by atoms with E-state index in [0.29, 0.717) is 11.7 Å². The highest BCUT2D eigenvalue weighted by Crippen LogP contribution is 2.22. The monoisotopic (exact) mass is 230 g/mol. The standard InChI is InChI=1S/C14H18N2O/c1-10(2)11-4-6-12(7-5-11)13(17)14-15-8-9-16(14)3/h4-10,13,17H,1-3H3/t13-/m0/s1. The summed E-state index contributed by atoms with van der Waals surface area (Å²) < 4.78 is 1.83. The smallest absolute Gasteiger partial charge is 0.142 e. The number of aromatic nitrogens is 2. The molecule has 17 heavy (non-hydrogen) atoms. The van der Waals surface area contributed by atoms with Gasteiger partial charge in [0, 0.05) is 19.4 Å². The van der Waals surface area contributed by atoms with Crippen LogP contribution in [0.2, 0.25) is 0 Å². The Hall–Kier alpha value is -1.61. The third-order valence-corrected chi connectivity index (χ3v) is 3.02. The summed E-state index contributed by atoms with van der Waals surface area (Å²) in [5, 5.41) is 10.2. The molecule has 3 heteroatoms. The van der Waals surface area contributed by atoms with Gasteiger partial charge in [-0.25, -0.2) is 4.98 Å². The first-order valence-corrected chi connectivity index (χ1v) is 5.84. The maximum Gasteiger partial charge on any atom is 0.142 e. The Morgan fingerprint density at radius 2 is 1.71 bits per heavy atom. The number of aliphatic hydroxyl groups is 1. The molecule has 1 atom stereocenters. The second-order valence-electron chi connectivity index (χ2n) is 4.62. The molecule has 2 aromatic rings. The fraction of sp³-hybridized carbons (Fsp3) is 0.357. The Labute approximate surface area is 102 Å². The van der Waals surface area contributed by atoms with Crippen LogP contribution in [-0.4, -0.2) is 14.7 Å². The largest absolute Gasteiger partial charge is 0.380 e. The Bertz CT molecular complexity index is 485. The summed E-state index contributed by atoms with van der Waals surface area (Å²) in [4.78, 5) is 4.16. The van der Waals surface area contributed by atoms with Crippen molar-refractivity contribution in [3.63, 3.8) is 0 Å². The van der Waals surface area contributed by atoms with Crippen LogP contribution >= 0.6 is 0 Å². The van der Waals surface area contributed by atoms with Gasteiger partial charge in [0.05, 0.1) is 0 Å². The van der Waals surface area contributed by atoms with Gasteiger partial charge in [-0.2, -0.15) is 0 Å². The van der Waals surface area contributed by atoms with Crippen molar-refractivity contribution in [3.8, 4) is 0 Å². The van der Waals surface area contributed by atoms with E-state index in [1.54, 1.807) is 6.20 Å². The minimum atomic E-state index is -0.656. The van der Waals surface area contributed by atoms with Gasteiger partial charge in [-0.1, -0.05) is 38.1 Å². The zero-order valence-electron chi connectivity index (χ0n) is 10.5. The van der Waals surface area contributed by atoms with Crippen LogP contribution < -0.4 is 0 Å². The fourth-order valence-electron chi connectivity index (χ4n) is 1.85. The molecule has 0 saturated carbocycles. The van der Waals surface area contributed by atoms with Gasteiger partial charge >= 0.3 is 0 Å². The second kappa shape index (κ2) is 4.72. The van der Waals surface area contributed by atoms with Crippen molar-refractivity contribution in [1.82, 2.24) is 9.55 Å². The van der Waals surface area contributed by atoms with E-state index in [0.717, 1.165) is 5.56 Å². The van der Waals surface area contributed by atoms with Crippen LogP contribution in [0.4, 0.5) is 0 Å². The molecule has 3 nitrogen and oxygen atoms in total. The lowest BCUT2D eigenvalue weighted by molar-refractivity contribution is 0.206. The molecule has 0 aliphatic heterocycles. The van der Waals surface area contributed by atoms with E-state index < -0.39 is 6.10 Å². The van der Waals surface area contributed by atoms with Crippen molar-refractivity contribution >= 4 is 0 Å². The second-order valence-corrected chi connectivity index (χ2v) is 4.62. The van der Waals surface area contributed by atoms with E-state index in [1.165, 1.54) is 5.56 Å². The van der Waals surface area contributed by atoms with Crippen molar-refractivity contribution in [2.24, 2.45) is 7.05 Å². The highest BCUT2D eigenvalue weighted by Gasteiger charge is 2.14. The Kier molecular flexibility index (Phi) is 3.29. The van der Waals surface area contributed by atoms with Gasteiger partial charge in [-0.3, -0.25) is 0 Å². The lowest BCUT2D eigenvalue weighted by Crippen LogP contribution is -2.07. The summed E-state index contributed by atoms with van der Waals surface area (Å²) in [7, 11) is 1.88. The average Bonchev–Trinajstić information content (AvgIpc) is 2.74. The number of imidazole rings is 1. The molecule has 0 amide bonds. The Morgan fingerprint density at radius 3 is 2.18 bits per heavy atom. The highest BCUT2D eigenvalue weighted by molar-refractivity contribution is 5.28. The Morgan fingerprint density at radius 1 is 1.12 bits per heavy atom. The van der Waals surface area contributed by atoms with Crippen LogP contribution in [0.1, 0.15) is 42.8 Å².